The van der Waals surface area contributed by atoms with E-state index in [2.05, 4.69) is 57.2 Å². The number of hydrogen-bond donors (Lipinski definition) is 0. The highest BCUT2D eigenvalue weighted by Crippen LogP contribution is 2.15. The molecule has 0 saturated carbocycles. The molecular weight excluding hydrogens is 669 g/mol. The van der Waals surface area contributed by atoms with Crippen LogP contribution in [0.4, 0.5) is 0 Å². The predicted octanol–water partition coefficient (Wildman–Crippen LogP) is 15.4. The van der Waals surface area contributed by atoms with E-state index >= 15 is 0 Å². The summed E-state index contributed by atoms with van der Waals surface area (Å²) in [6.07, 6.45) is 52.8. The molecule has 0 N–H and O–H groups in total. The number of allylic oxidation sites excluding steroid dienone is 6. The Labute approximate surface area is 336 Å². The lowest BCUT2D eigenvalue weighted by molar-refractivity contribution is -0.163. The van der Waals surface area contributed by atoms with Crippen molar-refractivity contribution in [2.75, 3.05) is 19.8 Å². The largest absolute Gasteiger partial charge is 0.462 e. The molecule has 0 aliphatic carbocycles. The number of unbranched alkanes of at least 4 members (excludes halogenated alkanes) is 26. The molecule has 1 unspecified atom stereocenters. The van der Waals surface area contributed by atoms with Crippen LogP contribution in [0.15, 0.2) is 36.5 Å². The number of hydrogen-bond acceptors (Lipinski definition) is 5. The zero-order valence-electron chi connectivity index (χ0n) is 36.2. The minimum absolute atomic E-state index is 0.0816. The van der Waals surface area contributed by atoms with Gasteiger partial charge in [-0.25, -0.2) is 0 Å². The summed E-state index contributed by atoms with van der Waals surface area (Å²) in [5.41, 5.74) is 0. The summed E-state index contributed by atoms with van der Waals surface area (Å²) in [5.74, 6) is -0.407. The third-order valence-corrected chi connectivity index (χ3v) is 10.2. The Bertz CT molecular complexity index is 862. The third-order valence-electron chi connectivity index (χ3n) is 10.2. The van der Waals surface area contributed by atoms with Crippen LogP contribution in [0.1, 0.15) is 239 Å². The van der Waals surface area contributed by atoms with Gasteiger partial charge in [-0.2, -0.15) is 0 Å². The second-order valence-corrected chi connectivity index (χ2v) is 15.6. The highest BCUT2D eigenvalue weighted by atomic mass is 16.6. The minimum atomic E-state index is -0.534. The average molecular weight is 759 g/mol. The molecule has 0 radical (unpaired) electrons. The van der Waals surface area contributed by atoms with Gasteiger partial charge in [-0.1, -0.05) is 211 Å². The van der Waals surface area contributed by atoms with Crippen molar-refractivity contribution < 1.29 is 23.8 Å². The number of carbonyl (C=O) groups is 2. The lowest BCUT2D eigenvalue weighted by Gasteiger charge is -2.18. The topological polar surface area (TPSA) is 61.8 Å². The lowest BCUT2D eigenvalue weighted by atomic mass is 10.1. The van der Waals surface area contributed by atoms with Crippen molar-refractivity contribution in [3.05, 3.63) is 36.5 Å². The van der Waals surface area contributed by atoms with Gasteiger partial charge in [-0.3, -0.25) is 9.59 Å². The first kappa shape index (κ1) is 52.1. The number of ether oxygens (including phenoxy) is 3. The van der Waals surface area contributed by atoms with Gasteiger partial charge in [-0.15, -0.1) is 0 Å². The van der Waals surface area contributed by atoms with E-state index in [0.29, 0.717) is 19.4 Å². The molecule has 1 atom stereocenters. The van der Waals surface area contributed by atoms with Crippen molar-refractivity contribution in [1.29, 1.82) is 0 Å². The maximum absolute atomic E-state index is 12.7. The van der Waals surface area contributed by atoms with Gasteiger partial charge in [0, 0.05) is 19.4 Å². The zero-order valence-corrected chi connectivity index (χ0v) is 36.2. The van der Waals surface area contributed by atoms with Crippen LogP contribution in [0.25, 0.3) is 0 Å². The number of esters is 2. The molecule has 54 heavy (non-hydrogen) atoms. The van der Waals surface area contributed by atoms with Gasteiger partial charge >= 0.3 is 11.9 Å². The van der Waals surface area contributed by atoms with E-state index in [-0.39, 0.29) is 25.2 Å². The van der Waals surface area contributed by atoms with E-state index in [1.807, 2.05) is 0 Å². The molecule has 0 saturated heterocycles. The van der Waals surface area contributed by atoms with E-state index < -0.39 is 6.10 Å². The van der Waals surface area contributed by atoms with Crippen molar-refractivity contribution in [2.45, 2.75) is 245 Å². The van der Waals surface area contributed by atoms with E-state index in [1.54, 1.807) is 0 Å². The first-order chi connectivity index (χ1) is 26.6. The Morgan fingerprint density at radius 1 is 0.426 bits per heavy atom. The van der Waals surface area contributed by atoms with E-state index in [9.17, 15) is 9.59 Å². The van der Waals surface area contributed by atoms with Gasteiger partial charge in [-0.05, 0) is 51.4 Å². The molecule has 5 heteroatoms. The van der Waals surface area contributed by atoms with E-state index in [1.165, 1.54) is 141 Å². The highest BCUT2D eigenvalue weighted by Gasteiger charge is 2.17. The summed E-state index contributed by atoms with van der Waals surface area (Å²) in [5, 5.41) is 0. The van der Waals surface area contributed by atoms with Crippen LogP contribution < -0.4 is 0 Å². The van der Waals surface area contributed by atoms with Crippen LogP contribution in [0, 0.1) is 0 Å². The van der Waals surface area contributed by atoms with Gasteiger partial charge in [0.05, 0.1) is 6.61 Å². The highest BCUT2D eigenvalue weighted by molar-refractivity contribution is 5.70. The Balaban J connectivity index is 4.24. The SMILES string of the molecule is CC/C=C\C/C=C\C/C=C\CCCCCCCC(=O)OCC(COCCCCCCCCCCCCCC)OC(=O)CCCCCCCCCCCCC. The van der Waals surface area contributed by atoms with Gasteiger partial charge in [0.1, 0.15) is 6.61 Å². The lowest BCUT2D eigenvalue weighted by Crippen LogP contribution is -2.30. The van der Waals surface area contributed by atoms with Crippen molar-refractivity contribution in [1.82, 2.24) is 0 Å². The molecule has 0 aromatic carbocycles. The molecular formula is C49H90O5. The van der Waals surface area contributed by atoms with Crippen LogP contribution >= 0.6 is 0 Å². The van der Waals surface area contributed by atoms with E-state index in [4.69, 9.17) is 14.2 Å². The molecule has 5 nitrogen and oxygen atoms in total. The third kappa shape index (κ3) is 42.9. The first-order valence-corrected chi connectivity index (χ1v) is 23.5. The van der Waals surface area contributed by atoms with Crippen molar-refractivity contribution in [3.63, 3.8) is 0 Å². The molecule has 0 amide bonds. The molecule has 316 valence electrons. The summed E-state index contributed by atoms with van der Waals surface area (Å²) < 4.78 is 17.3. The summed E-state index contributed by atoms with van der Waals surface area (Å²) in [7, 11) is 0. The number of rotatable bonds is 43. The summed E-state index contributed by atoms with van der Waals surface area (Å²) >= 11 is 0. The van der Waals surface area contributed by atoms with Gasteiger partial charge in [0.25, 0.3) is 0 Å². The summed E-state index contributed by atoms with van der Waals surface area (Å²) in [4.78, 5) is 25.2. The predicted molar refractivity (Wildman–Crippen MR) is 233 cm³/mol. The molecule has 0 aromatic heterocycles. The minimum Gasteiger partial charge on any atom is -0.462 e. The average Bonchev–Trinajstić information content (AvgIpc) is 3.17. The first-order valence-electron chi connectivity index (χ1n) is 23.5. The molecule has 0 rings (SSSR count). The summed E-state index contributed by atoms with van der Waals surface area (Å²) in [6, 6.07) is 0. The molecule has 0 spiro atoms. The maximum atomic E-state index is 12.7. The normalized spacial score (nSPS) is 12.4. The fraction of sp³-hybridized carbons (Fsp3) is 0.837. The fourth-order valence-electron chi connectivity index (χ4n) is 6.70. The maximum Gasteiger partial charge on any atom is 0.306 e. The smallest absolute Gasteiger partial charge is 0.306 e. The van der Waals surface area contributed by atoms with Crippen LogP contribution in [0.2, 0.25) is 0 Å². The van der Waals surface area contributed by atoms with Gasteiger partial charge in [0.15, 0.2) is 6.10 Å². The Hall–Kier alpha value is -1.88. The Morgan fingerprint density at radius 3 is 1.33 bits per heavy atom. The van der Waals surface area contributed by atoms with Crippen LogP contribution in [0.5, 0.6) is 0 Å². The van der Waals surface area contributed by atoms with Crippen LogP contribution in [0.3, 0.4) is 0 Å². The molecule has 0 fully saturated rings. The zero-order chi connectivity index (χ0) is 39.3. The number of carbonyl (C=O) groups excluding carboxylic acids is 2. The molecule has 0 aliphatic rings. The van der Waals surface area contributed by atoms with Crippen molar-refractivity contribution in [3.8, 4) is 0 Å². The second-order valence-electron chi connectivity index (χ2n) is 15.6. The van der Waals surface area contributed by atoms with Crippen molar-refractivity contribution >= 4 is 11.9 Å². The summed E-state index contributed by atoms with van der Waals surface area (Å²) in [6.45, 7) is 7.72. The van der Waals surface area contributed by atoms with Crippen molar-refractivity contribution in [2.24, 2.45) is 0 Å². The fourth-order valence-corrected chi connectivity index (χ4v) is 6.70. The van der Waals surface area contributed by atoms with Gasteiger partial charge in [0.2, 0.25) is 0 Å². The van der Waals surface area contributed by atoms with Crippen LogP contribution in [-0.2, 0) is 23.8 Å². The monoisotopic (exact) mass is 759 g/mol. The Morgan fingerprint density at radius 2 is 0.833 bits per heavy atom. The Kier molecular flexibility index (Phi) is 43.9. The molecule has 0 aromatic rings. The standard InChI is InChI=1S/C49H90O5/c1-4-7-10-13-16-19-22-24-25-26-28-30-33-36-39-42-48(50)53-46-47(45-52-44-41-38-35-32-29-23-20-17-14-11-8-5-2)54-49(51)43-40-37-34-31-27-21-18-15-12-9-6-3/h7,10,16,19,24-25,47H,4-6,8-9,11-15,17-18,20-23,26-46H2,1-3H3/b10-7-,19-16-,25-24-. The second kappa shape index (κ2) is 45.5. The van der Waals surface area contributed by atoms with Crippen LogP contribution in [-0.4, -0.2) is 37.9 Å². The molecule has 0 heterocycles. The van der Waals surface area contributed by atoms with E-state index in [0.717, 1.165) is 64.2 Å². The molecule has 0 bridgehead atoms. The van der Waals surface area contributed by atoms with Gasteiger partial charge < -0.3 is 14.2 Å². The molecule has 0 aliphatic heterocycles. The quantitative estimate of drug-likeness (QED) is 0.0352.